The van der Waals surface area contributed by atoms with Crippen molar-refractivity contribution in [1.82, 2.24) is 0 Å². The Balaban J connectivity index is 0. The van der Waals surface area contributed by atoms with Crippen molar-refractivity contribution in [3.8, 4) is 0 Å². The van der Waals surface area contributed by atoms with Gasteiger partial charge in [0.2, 0.25) is 10.4 Å². The van der Waals surface area contributed by atoms with Crippen molar-refractivity contribution < 1.29 is 68.5 Å². The van der Waals surface area contributed by atoms with Crippen LogP contribution in [0.3, 0.4) is 0 Å². The Morgan fingerprint density at radius 3 is 1.53 bits per heavy atom. The van der Waals surface area contributed by atoms with Crippen LogP contribution in [0.5, 0.6) is 0 Å². The molecule has 1 unspecified atom stereocenters. The van der Waals surface area contributed by atoms with E-state index in [2.05, 4.69) is 30.2 Å². The third-order valence-corrected chi connectivity index (χ3v) is 6.41. The molecule has 0 fully saturated rings. The zero-order chi connectivity index (χ0) is 23.0. The molecule has 1 atom stereocenters. The van der Waals surface area contributed by atoms with Crippen LogP contribution < -0.4 is 51.4 Å². The minimum atomic E-state index is -4.61. The van der Waals surface area contributed by atoms with E-state index in [4.69, 9.17) is 0 Å². The van der Waals surface area contributed by atoms with Gasteiger partial charge in [-0.05, 0) is 19.3 Å². The molecule has 0 aromatic rings. The van der Waals surface area contributed by atoms with Gasteiger partial charge >= 0.3 is 51.4 Å². The van der Waals surface area contributed by atoms with Crippen LogP contribution in [-0.2, 0) is 14.6 Å². The van der Waals surface area contributed by atoms with Crippen molar-refractivity contribution in [2.75, 3.05) is 6.61 Å². The van der Waals surface area contributed by atoms with Gasteiger partial charge in [-0.2, -0.15) is 0 Å². The zero-order valence-electron chi connectivity index (χ0n) is 21.6. The SMILES string of the molecule is CCCCCCCCCC/C=C/C(CCCCCCCCCCCC)COS(=O)(=O)[O-].[K+]. The molecular weight excluding hydrogens is 447 g/mol. The summed E-state index contributed by atoms with van der Waals surface area (Å²) in [6.07, 6.45) is 29.4. The second-order valence-electron chi connectivity index (χ2n) is 9.12. The van der Waals surface area contributed by atoms with Crippen molar-refractivity contribution >= 4 is 10.4 Å². The summed E-state index contributed by atoms with van der Waals surface area (Å²) in [5, 5.41) is 0. The first-order chi connectivity index (χ1) is 15.0. The van der Waals surface area contributed by atoms with Gasteiger partial charge in [-0.3, -0.25) is 4.18 Å². The van der Waals surface area contributed by atoms with Gasteiger partial charge < -0.3 is 4.55 Å². The molecule has 0 heterocycles. The summed E-state index contributed by atoms with van der Waals surface area (Å²) in [6.45, 7) is 4.47. The maximum atomic E-state index is 10.8. The molecule has 0 radical (unpaired) electrons. The van der Waals surface area contributed by atoms with E-state index in [0.29, 0.717) is 0 Å². The van der Waals surface area contributed by atoms with Crippen LogP contribution >= 0.6 is 0 Å². The van der Waals surface area contributed by atoms with Gasteiger partial charge in [-0.25, -0.2) is 8.42 Å². The molecular formula is C26H51KO4S. The van der Waals surface area contributed by atoms with Gasteiger partial charge in [0, 0.05) is 5.92 Å². The molecule has 0 saturated heterocycles. The van der Waals surface area contributed by atoms with E-state index in [9.17, 15) is 13.0 Å². The molecule has 0 bridgehead atoms. The zero-order valence-corrected chi connectivity index (χ0v) is 25.6. The van der Waals surface area contributed by atoms with E-state index in [1.165, 1.54) is 109 Å². The monoisotopic (exact) mass is 498 g/mol. The molecule has 0 aliphatic carbocycles. The second-order valence-corrected chi connectivity index (χ2v) is 10.2. The second kappa shape index (κ2) is 26.8. The topological polar surface area (TPSA) is 66.4 Å². The van der Waals surface area contributed by atoms with Gasteiger partial charge in [0.05, 0.1) is 6.61 Å². The first-order valence-electron chi connectivity index (χ1n) is 13.3. The largest absolute Gasteiger partial charge is 1.00 e. The molecule has 0 spiro atoms. The van der Waals surface area contributed by atoms with Crippen LogP contribution in [0.15, 0.2) is 12.2 Å². The van der Waals surface area contributed by atoms with Crippen molar-refractivity contribution in [3.05, 3.63) is 12.2 Å². The molecule has 0 rings (SSSR count). The van der Waals surface area contributed by atoms with Gasteiger partial charge in [0.25, 0.3) is 0 Å². The predicted octanol–water partition coefficient (Wildman–Crippen LogP) is 5.48. The van der Waals surface area contributed by atoms with Gasteiger partial charge in [0.15, 0.2) is 0 Å². The summed E-state index contributed by atoms with van der Waals surface area (Å²) in [6, 6.07) is 0. The third-order valence-electron chi connectivity index (χ3n) is 5.99. The molecule has 186 valence electrons. The Morgan fingerprint density at radius 2 is 1.09 bits per heavy atom. The van der Waals surface area contributed by atoms with E-state index in [0.717, 1.165) is 19.3 Å². The fourth-order valence-electron chi connectivity index (χ4n) is 3.98. The van der Waals surface area contributed by atoms with Gasteiger partial charge in [0.1, 0.15) is 0 Å². The minimum Gasteiger partial charge on any atom is -0.726 e. The maximum Gasteiger partial charge on any atom is 1.00 e. The van der Waals surface area contributed by atoms with Gasteiger partial charge in [-0.15, -0.1) is 0 Å². The molecule has 0 N–H and O–H groups in total. The average molecular weight is 499 g/mol. The summed E-state index contributed by atoms with van der Waals surface area (Å²) in [5.41, 5.74) is 0. The molecule has 4 nitrogen and oxygen atoms in total. The number of rotatable bonds is 24. The Bertz CT molecular complexity index is 494. The summed E-state index contributed by atoms with van der Waals surface area (Å²) >= 11 is 0. The third kappa shape index (κ3) is 29.3. The molecule has 0 amide bonds. The summed E-state index contributed by atoms with van der Waals surface area (Å²) in [4.78, 5) is 0. The maximum absolute atomic E-state index is 10.8. The van der Waals surface area contributed by atoms with Crippen molar-refractivity contribution in [1.29, 1.82) is 0 Å². The average Bonchev–Trinajstić information content (AvgIpc) is 2.73. The fourth-order valence-corrected chi connectivity index (χ4v) is 4.33. The molecule has 0 saturated carbocycles. The van der Waals surface area contributed by atoms with Crippen LogP contribution in [0.1, 0.15) is 142 Å². The van der Waals surface area contributed by atoms with Crippen molar-refractivity contribution in [3.63, 3.8) is 0 Å². The summed E-state index contributed by atoms with van der Waals surface area (Å²) in [7, 11) is -4.61. The number of allylic oxidation sites excluding steroid dienone is 1. The Hall–Kier alpha value is 1.25. The summed E-state index contributed by atoms with van der Waals surface area (Å²) in [5.74, 6) is 0.0202. The van der Waals surface area contributed by atoms with Crippen LogP contribution in [0.2, 0.25) is 0 Å². The predicted molar refractivity (Wildman–Crippen MR) is 132 cm³/mol. The molecule has 0 aliphatic rings. The van der Waals surface area contributed by atoms with E-state index >= 15 is 0 Å². The number of unbranched alkanes of at least 4 members (excludes halogenated alkanes) is 17. The van der Waals surface area contributed by atoms with Crippen molar-refractivity contribution in [2.45, 2.75) is 142 Å². The molecule has 6 heteroatoms. The standard InChI is InChI=1S/C26H52O4S.K/c1-3-5-7-9-11-13-15-17-19-21-23-26(25-30-31(27,28)29)24-22-20-18-16-14-12-10-8-6-4-2;/h21,23,26H,3-20,22,24-25H2,1-2H3,(H,27,28,29);/q;+1/p-1/b23-21+;. The van der Waals surface area contributed by atoms with E-state index in [-0.39, 0.29) is 63.9 Å². The summed E-state index contributed by atoms with van der Waals surface area (Å²) < 4.78 is 37.0. The Kier molecular flexibility index (Phi) is 29.7. The van der Waals surface area contributed by atoms with E-state index in [1.54, 1.807) is 0 Å². The molecule has 0 aromatic heterocycles. The first kappa shape index (κ1) is 35.4. The van der Waals surface area contributed by atoms with E-state index in [1.807, 2.05) is 0 Å². The van der Waals surface area contributed by atoms with Crippen LogP contribution in [-0.4, -0.2) is 19.6 Å². The smallest absolute Gasteiger partial charge is 0.726 e. The molecule has 0 aromatic carbocycles. The molecule has 32 heavy (non-hydrogen) atoms. The van der Waals surface area contributed by atoms with Crippen molar-refractivity contribution in [2.24, 2.45) is 5.92 Å². The van der Waals surface area contributed by atoms with E-state index < -0.39 is 10.4 Å². The number of hydrogen-bond donors (Lipinski definition) is 0. The molecule has 0 aliphatic heterocycles. The van der Waals surface area contributed by atoms with Gasteiger partial charge in [-0.1, -0.05) is 135 Å². The quantitative estimate of drug-likeness (QED) is 0.0581. The van der Waals surface area contributed by atoms with Crippen LogP contribution in [0, 0.1) is 5.92 Å². The normalized spacial score (nSPS) is 12.8. The minimum absolute atomic E-state index is 0. The first-order valence-corrected chi connectivity index (χ1v) is 14.6. The fraction of sp³-hybridized carbons (Fsp3) is 0.923. The van der Waals surface area contributed by atoms with Crippen LogP contribution in [0.25, 0.3) is 0 Å². The Labute approximate surface area is 243 Å². The van der Waals surface area contributed by atoms with Crippen LogP contribution in [0.4, 0.5) is 0 Å². The Morgan fingerprint density at radius 1 is 0.688 bits per heavy atom. The number of hydrogen-bond acceptors (Lipinski definition) is 4.